The molecule has 1 rings (SSSR count). The van der Waals surface area contributed by atoms with Gasteiger partial charge in [0.2, 0.25) is 0 Å². The van der Waals surface area contributed by atoms with E-state index in [-0.39, 0.29) is 5.92 Å². The van der Waals surface area contributed by atoms with E-state index in [9.17, 15) is 9.59 Å². The van der Waals surface area contributed by atoms with Crippen LogP contribution in [0.5, 0.6) is 0 Å². The molecule has 0 fully saturated rings. The number of nitrogens with one attached hydrogen (secondary N) is 2. The van der Waals surface area contributed by atoms with Gasteiger partial charge < -0.3 is 15.4 Å². The lowest BCUT2D eigenvalue weighted by Crippen LogP contribution is -2.46. The normalized spacial score (nSPS) is 11.9. The molecule has 1 atom stereocenters. The highest BCUT2D eigenvalue weighted by atomic mass is 35.5. The minimum atomic E-state index is -0.738. The Hall–Kier alpha value is -1.46. The molecular weight excluding hydrogens is 303 g/mol. The number of amides is 2. The molecule has 0 saturated carbocycles. The largest absolute Gasteiger partial charge is 0.467 e. The Labute approximate surface area is 127 Å². The van der Waals surface area contributed by atoms with E-state index in [4.69, 9.17) is 23.2 Å². The zero-order chi connectivity index (χ0) is 15.3. The first-order chi connectivity index (χ1) is 9.35. The van der Waals surface area contributed by atoms with Crippen LogP contribution in [0.2, 0.25) is 10.0 Å². The summed E-state index contributed by atoms with van der Waals surface area (Å²) in [7, 11) is 1.27. The first-order valence-electron chi connectivity index (χ1n) is 5.95. The van der Waals surface area contributed by atoms with Gasteiger partial charge in [-0.05, 0) is 24.1 Å². The van der Waals surface area contributed by atoms with Crippen molar-refractivity contribution in [1.82, 2.24) is 5.32 Å². The van der Waals surface area contributed by atoms with Crippen LogP contribution in [0, 0.1) is 5.92 Å². The van der Waals surface area contributed by atoms with E-state index in [0.29, 0.717) is 15.7 Å². The third-order valence-corrected chi connectivity index (χ3v) is 3.15. The SMILES string of the molecule is COC(=O)[C@@H](NC(=O)Nc1cc(Cl)ccc1Cl)C(C)C. The number of anilines is 1. The second kappa shape index (κ2) is 7.36. The van der Waals surface area contributed by atoms with Gasteiger partial charge in [0.25, 0.3) is 0 Å². The number of methoxy groups -OCH3 is 1. The van der Waals surface area contributed by atoms with Crippen LogP contribution < -0.4 is 10.6 Å². The number of hydrogen-bond donors (Lipinski definition) is 2. The Morgan fingerprint density at radius 3 is 2.45 bits per heavy atom. The highest BCUT2D eigenvalue weighted by Crippen LogP contribution is 2.25. The predicted molar refractivity (Wildman–Crippen MR) is 79.3 cm³/mol. The molecule has 0 spiro atoms. The van der Waals surface area contributed by atoms with Gasteiger partial charge in [-0.1, -0.05) is 37.0 Å². The van der Waals surface area contributed by atoms with Gasteiger partial charge in [-0.2, -0.15) is 0 Å². The molecule has 0 aromatic heterocycles. The van der Waals surface area contributed by atoms with Crippen molar-refractivity contribution < 1.29 is 14.3 Å². The zero-order valence-corrected chi connectivity index (χ0v) is 12.9. The summed E-state index contributed by atoms with van der Waals surface area (Å²) in [4.78, 5) is 23.4. The molecule has 0 radical (unpaired) electrons. The lowest BCUT2D eigenvalue weighted by Gasteiger charge is -2.20. The molecular formula is C13H16Cl2N2O3. The van der Waals surface area contributed by atoms with E-state index < -0.39 is 18.0 Å². The van der Waals surface area contributed by atoms with Crippen molar-refractivity contribution >= 4 is 40.9 Å². The minimum Gasteiger partial charge on any atom is -0.467 e. The lowest BCUT2D eigenvalue weighted by molar-refractivity contribution is -0.143. The Morgan fingerprint density at radius 1 is 1.25 bits per heavy atom. The maximum absolute atomic E-state index is 11.9. The molecule has 7 heteroatoms. The van der Waals surface area contributed by atoms with Crippen molar-refractivity contribution in [3.63, 3.8) is 0 Å². The molecule has 0 saturated heterocycles. The van der Waals surface area contributed by atoms with E-state index in [2.05, 4.69) is 15.4 Å². The smallest absolute Gasteiger partial charge is 0.328 e. The van der Waals surface area contributed by atoms with E-state index in [1.54, 1.807) is 26.0 Å². The van der Waals surface area contributed by atoms with E-state index in [1.807, 2.05) is 0 Å². The molecule has 0 aliphatic rings. The molecule has 0 unspecified atom stereocenters. The molecule has 0 aliphatic carbocycles. The van der Waals surface area contributed by atoms with Crippen LogP contribution in [0.1, 0.15) is 13.8 Å². The molecule has 2 amide bonds. The van der Waals surface area contributed by atoms with Crippen LogP contribution in [0.25, 0.3) is 0 Å². The number of rotatable bonds is 4. The monoisotopic (exact) mass is 318 g/mol. The average molecular weight is 319 g/mol. The van der Waals surface area contributed by atoms with Gasteiger partial charge in [0, 0.05) is 5.02 Å². The average Bonchev–Trinajstić information content (AvgIpc) is 2.39. The zero-order valence-electron chi connectivity index (χ0n) is 11.4. The number of benzene rings is 1. The van der Waals surface area contributed by atoms with Crippen LogP contribution in [0.3, 0.4) is 0 Å². The number of urea groups is 1. The first kappa shape index (κ1) is 16.6. The number of carbonyl (C=O) groups is 2. The van der Waals surface area contributed by atoms with Crippen molar-refractivity contribution in [3.05, 3.63) is 28.2 Å². The van der Waals surface area contributed by atoms with Crippen molar-refractivity contribution in [2.45, 2.75) is 19.9 Å². The summed E-state index contributed by atoms with van der Waals surface area (Å²) in [5, 5.41) is 5.87. The van der Waals surface area contributed by atoms with E-state index in [0.717, 1.165) is 0 Å². The number of carbonyl (C=O) groups excluding carboxylic acids is 2. The summed E-state index contributed by atoms with van der Waals surface area (Å²) in [6, 6.07) is 3.40. The summed E-state index contributed by atoms with van der Waals surface area (Å²) in [6.07, 6.45) is 0. The quantitative estimate of drug-likeness (QED) is 0.837. The second-order valence-electron chi connectivity index (χ2n) is 4.47. The first-order valence-corrected chi connectivity index (χ1v) is 6.71. The lowest BCUT2D eigenvalue weighted by atomic mass is 10.1. The molecule has 1 aromatic carbocycles. The van der Waals surface area contributed by atoms with Crippen molar-refractivity contribution in [2.75, 3.05) is 12.4 Å². The molecule has 20 heavy (non-hydrogen) atoms. The van der Waals surface area contributed by atoms with E-state index >= 15 is 0 Å². The minimum absolute atomic E-state index is 0.108. The molecule has 2 N–H and O–H groups in total. The highest BCUT2D eigenvalue weighted by Gasteiger charge is 2.25. The summed E-state index contributed by atoms with van der Waals surface area (Å²) in [6.45, 7) is 3.60. The number of ether oxygens (including phenoxy) is 1. The Kier molecular flexibility index (Phi) is 6.10. The van der Waals surface area contributed by atoms with Gasteiger partial charge >= 0.3 is 12.0 Å². The van der Waals surface area contributed by atoms with Crippen molar-refractivity contribution in [1.29, 1.82) is 0 Å². The molecule has 0 heterocycles. The van der Waals surface area contributed by atoms with Crippen molar-refractivity contribution in [2.24, 2.45) is 5.92 Å². The van der Waals surface area contributed by atoms with Crippen LogP contribution in [0.15, 0.2) is 18.2 Å². The summed E-state index contributed by atoms with van der Waals surface area (Å²) < 4.78 is 4.64. The number of esters is 1. The molecule has 5 nitrogen and oxygen atoms in total. The predicted octanol–water partition coefficient (Wildman–Crippen LogP) is 3.31. The van der Waals surface area contributed by atoms with Crippen LogP contribution in [-0.4, -0.2) is 25.2 Å². The fourth-order valence-corrected chi connectivity index (χ4v) is 1.85. The van der Waals surface area contributed by atoms with Crippen LogP contribution >= 0.6 is 23.2 Å². The maximum Gasteiger partial charge on any atom is 0.328 e. The standard InChI is InChI=1S/C13H16Cl2N2O3/c1-7(2)11(12(18)20-3)17-13(19)16-10-6-8(14)4-5-9(10)15/h4-7,11H,1-3H3,(H2,16,17,19)/t11-/m0/s1. The number of hydrogen-bond acceptors (Lipinski definition) is 3. The van der Waals surface area contributed by atoms with Crippen molar-refractivity contribution in [3.8, 4) is 0 Å². The maximum atomic E-state index is 11.9. The number of halogens is 2. The Morgan fingerprint density at radius 2 is 1.90 bits per heavy atom. The van der Waals surface area contributed by atoms with Gasteiger partial charge in [-0.15, -0.1) is 0 Å². The Bertz CT molecular complexity index is 506. The summed E-state index contributed by atoms with van der Waals surface area (Å²) in [5.74, 6) is -0.615. The summed E-state index contributed by atoms with van der Waals surface area (Å²) >= 11 is 11.8. The molecule has 0 aliphatic heterocycles. The molecule has 0 bridgehead atoms. The van der Waals surface area contributed by atoms with Crippen LogP contribution in [0.4, 0.5) is 10.5 Å². The van der Waals surface area contributed by atoms with Gasteiger partial charge in [-0.25, -0.2) is 9.59 Å². The van der Waals surface area contributed by atoms with Gasteiger partial charge in [-0.3, -0.25) is 0 Å². The van der Waals surface area contributed by atoms with Gasteiger partial charge in [0.15, 0.2) is 0 Å². The summed E-state index contributed by atoms with van der Waals surface area (Å²) in [5.41, 5.74) is 0.365. The van der Waals surface area contributed by atoms with Crippen LogP contribution in [-0.2, 0) is 9.53 Å². The van der Waals surface area contributed by atoms with Gasteiger partial charge in [0.1, 0.15) is 6.04 Å². The molecule has 1 aromatic rings. The van der Waals surface area contributed by atoms with Gasteiger partial charge in [0.05, 0.1) is 17.8 Å². The topological polar surface area (TPSA) is 67.4 Å². The third-order valence-electron chi connectivity index (χ3n) is 2.58. The fourth-order valence-electron chi connectivity index (χ4n) is 1.52. The third kappa shape index (κ3) is 4.58. The fraction of sp³-hybridized carbons (Fsp3) is 0.385. The Balaban J connectivity index is 2.75. The molecule has 110 valence electrons. The second-order valence-corrected chi connectivity index (χ2v) is 5.31. The highest BCUT2D eigenvalue weighted by molar-refractivity contribution is 6.35. The van der Waals surface area contributed by atoms with E-state index in [1.165, 1.54) is 13.2 Å².